The smallest absolute Gasteiger partial charge is 0.407 e. The van der Waals surface area contributed by atoms with Crippen LogP contribution in [0.3, 0.4) is 0 Å². The van der Waals surface area contributed by atoms with Crippen molar-refractivity contribution >= 4 is 58.8 Å². The Morgan fingerprint density at radius 2 is 1.35 bits per heavy atom. The number of amides is 7. The molecule has 20 heteroatoms. The molecule has 7 amide bonds. The molecule has 1 saturated heterocycles. The summed E-state index contributed by atoms with van der Waals surface area (Å²) in [5.74, 6) is -0.765. The Morgan fingerprint density at radius 3 is 1.89 bits per heavy atom. The summed E-state index contributed by atoms with van der Waals surface area (Å²) in [6.45, 7) is 14.5. The maximum Gasteiger partial charge on any atom is 0.407 e. The van der Waals surface area contributed by atoms with Gasteiger partial charge in [0.15, 0.2) is 0 Å². The van der Waals surface area contributed by atoms with Crippen molar-refractivity contribution in [2.24, 2.45) is 0 Å². The zero-order valence-electron chi connectivity index (χ0n) is 39.0. The Balaban J connectivity index is 1.43. The Hall–Kier alpha value is -5.63. The predicted molar refractivity (Wildman–Crippen MR) is 249 cm³/mol. The SMILES string of the molecule is C=C1C=CC(=O)N1CCCCC(=O)NCCCCC(NC(=O)CN1CCN(C(=O)O)CCN(C(=O)O)CCN(C(=O)O)CC1)C(=O)SC(C)(C)CC(C)(C)c1cccc2c1CN(C(C)=O)C2. The van der Waals surface area contributed by atoms with Gasteiger partial charge in [-0.25, -0.2) is 14.4 Å². The number of rotatable bonds is 18. The van der Waals surface area contributed by atoms with Gasteiger partial charge in [0.1, 0.15) is 0 Å². The molecule has 5 N–H and O–H groups in total. The second-order valence-corrected chi connectivity index (χ2v) is 20.1. The van der Waals surface area contributed by atoms with Gasteiger partial charge in [0.05, 0.1) is 12.6 Å². The van der Waals surface area contributed by atoms with Crippen molar-refractivity contribution in [2.75, 3.05) is 72.0 Å². The van der Waals surface area contributed by atoms with Gasteiger partial charge in [-0.1, -0.05) is 64.2 Å². The molecular formula is C46H68N8O11S. The van der Waals surface area contributed by atoms with Crippen LogP contribution in [-0.4, -0.2) is 175 Å². The molecule has 0 aliphatic carbocycles. The summed E-state index contributed by atoms with van der Waals surface area (Å²) in [7, 11) is 0. The fourth-order valence-corrected chi connectivity index (χ4v) is 10.1. The lowest BCUT2D eigenvalue weighted by Crippen LogP contribution is -2.51. The maximum atomic E-state index is 14.3. The van der Waals surface area contributed by atoms with Crippen LogP contribution >= 0.6 is 11.8 Å². The molecule has 3 aliphatic heterocycles. The van der Waals surface area contributed by atoms with Crippen LogP contribution in [0, 0.1) is 0 Å². The lowest BCUT2D eigenvalue weighted by molar-refractivity contribution is -0.129. The molecule has 0 radical (unpaired) electrons. The Labute approximate surface area is 391 Å². The molecule has 1 unspecified atom stereocenters. The van der Waals surface area contributed by atoms with Crippen molar-refractivity contribution in [2.45, 2.75) is 109 Å². The standard InChI is InChI=1S/C46H68N8O11S/c1-32-16-17-40(58)54(32)19-10-8-15-38(56)47-18-9-7-14-37(41(59)66-46(5,6)31-45(3,4)36-13-11-12-34-28-53(33(2)55)29-35(34)36)48-39(57)30-49-20-22-50(42(60)61)24-26-52(44(64)65)27-25-51(23-21-49)43(62)63/h11-13,16-17,37H,1,7-10,14-15,18-31H2,2-6H3,(H,47,56)(H,48,57)(H,60,61)(H,62,63)(H,64,65). The van der Waals surface area contributed by atoms with Crippen LogP contribution in [-0.2, 0) is 42.5 Å². The quantitative estimate of drug-likeness (QED) is 0.129. The second kappa shape index (κ2) is 24.2. The Kier molecular flexibility index (Phi) is 19.5. The number of carbonyl (C=O) groups excluding carboxylic acids is 5. The van der Waals surface area contributed by atoms with Gasteiger partial charge in [0, 0.05) is 108 Å². The molecule has 0 spiro atoms. The van der Waals surface area contributed by atoms with E-state index in [1.54, 1.807) is 27.7 Å². The third kappa shape index (κ3) is 16.1. The highest BCUT2D eigenvalue weighted by Crippen LogP contribution is 2.43. The average Bonchev–Trinajstić information content (AvgIpc) is 3.81. The molecule has 364 valence electrons. The van der Waals surface area contributed by atoms with Gasteiger partial charge in [-0.15, -0.1) is 0 Å². The second-order valence-electron chi connectivity index (χ2n) is 18.4. The third-order valence-electron chi connectivity index (χ3n) is 12.2. The number of carbonyl (C=O) groups is 8. The highest BCUT2D eigenvalue weighted by atomic mass is 32.2. The topological polar surface area (TPSA) is 241 Å². The first kappa shape index (κ1) is 53.0. The first-order chi connectivity index (χ1) is 31.1. The number of benzene rings is 1. The van der Waals surface area contributed by atoms with E-state index in [-0.39, 0.29) is 94.6 Å². The number of thioether (sulfide) groups is 1. The van der Waals surface area contributed by atoms with E-state index >= 15 is 0 Å². The van der Waals surface area contributed by atoms with Gasteiger partial charge in [-0.2, -0.15) is 0 Å². The summed E-state index contributed by atoms with van der Waals surface area (Å²) in [5.41, 5.74) is 3.56. The largest absolute Gasteiger partial charge is 0.465 e. The van der Waals surface area contributed by atoms with Crippen LogP contribution in [0.2, 0.25) is 0 Å². The molecule has 1 aromatic carbocycles. The number of nitrogens with zero attached hydrogens (tertiary/aromatic N) is 6. The molecule has 0 aromatic heterocycles. The van der Waals surface area contributed by atoms with Gasteiger partial charge in [-0.3, -0.25) is 28.9 Å². The molecular weight excluding hydrogens is 873 g/mol. The summed E-state index contributed by atoms with van der Waals surface area (Å²) in [5, 5.41) is 34.9. The molecule has 1 atom stereocenters. The maximum absolute atomic E-state index is 14.3. The number of carboxylic acid groups (broad SMARTS) is 3. The van der Waals surface area contributed by atoms with Gasteiger partial charge in [0.25, 0.3) is 5.91 Å². The van der Waals surface area contributed by atoms with Crippen LogP contribution in [0.1, 0.15) is 96.3 Å². The minimum Gasteiger partial charge on any atom is -0.465 e. The summed E-state index contributed by atoms with van der Waals surface area (Å²) in [6, 6.07) is 5.18. The zero-order chi connectivity index (χ0) is 48.8. The van der Waals surface area contributed by atoms with Crippen molar-refractivity contribution in [3.8, 4) is 0 Å². The number of allylic oxidation sites excluding steroid dienone is 1. The summed E-state index contributed by atoms with van der Waals surface area (Å²) in [4.78, 5) is 109. The average molecular weight is 941 g/mol. The van der Waals surface area contributed by atoms with Crippen molar-refractivity contribution in [3.63, 3.8) is 0 Å². The number of nitrogens with one attached hydrogen (secondary N) is 2. The first-order valence-corrected chi connectivity index (χ1v) is 23.4. The van der Waals surface area contributed by atoms with E-state index in [0.717, 1.165) is 43.2 Å². The first-order valence-electron chi connectivity index (χ1n) is 22.6. The Bertz CT molecular complexity index is 1960. The van der Waals surface area contributed by atoms with Crippen LogP contribution in [0.5, 0.6) is 0 Å². The van der Waals surface area contributed by atoms with Crippen LogP contribution < -0.4 is 10.6 Å². The predicted octanol–water partition coefficient (Wildman–Crippen LogP) is 4.36. The van der Waals surface area contributed by atoms with E-state index in [0.29, 0.717) is 64.0 Å². The highest BCUT2D eigenvalue weighted by Gasteiger charge is 2.38. The molecule has 1 fully saturated rings. The lowest BCUT2D eigenvalue weighted by atomic mass is 9.75. The van der Waals surface area contributed by atoms with Gasteiger partial charge >= 0.3 is 18.3 Å². The minimum atomic E-state index is -1.30. The number of hydrogen-bond donors (Lipinski definition) is 5. The number of unbranched alkanes of at least 4 members (excludes halogenated alkanes) is 2. The van der Waals surface area contributed by atoms with Crippen LogP contribution in [0.4, 0.5) is 14.4 Å². The van der Waals surface area contributed by atoms with E-state index in [1.165, 1.54) is 6.08 Å². The van der Waals surface area contributed by atoms with E-state index < -0.39 is 40.4 Å². The monoisotopic (exact) mass is 940 g/mol. The van der Waals surface area contributed by atoms with E-state index in [9.17, 15) is 53.7 Å². The Morgan fingerprint density at radius 1 is 0.758 bits per heavy atom. The van der Waals surface area contributed by atoms with Crippen LogP contribution in [0.25, 0.3) is 0 Å². The molecule has 66 heavy (non-hydrogen) atoms. The highest BCUT2D eigenvalue weighted by molar-refractivity contribution is 8.14. The fourth-order valence-electron chi connectivity index (χ4n) is 8.78. The fraction of sp³-hybridized carbons (Fsp3) is 0.609. The molecule has 19 nitrogen and oxygen atoms in total. The summed E-state index contributed by atoms with van der Waals surface area (Å²) < 4.78 is -0.612. The van der Waals surface area contributed by atoms with Gasteiger partial charge < -0.3 is 50.5 Å². The summed E-state index contributed by atoms with van der Waals surface area (Å²) in [6.07, 6.45) is 2.65. The summed E-state index contributed by atoms with van der Waals surface area (Å²) >= 11 is 1.15. The van der Waals surface area contributed by atoms with E-state index in [1.807, 2.05) is 26.0 Å². The molecule has 4 rings (SSSR count). The zero-order valence-corrected chi connectivity index (χ0v) is 39.8. The molecule has 0 saturated carbocycles. The number of fused-ring (bicyclic) bond motifs is 1. The van der Waals surface area contributed by atoms with Crippen molar-refractivity contribution in [3.05, 3.63) is 59.3 Å². The molecule has 3 heterocycles. The normalized spacial score (nSPS) is 17.0. The van der Waals surface area contributed by atoms with Gasteiger partial charge in [0.2, 0.25) is 22.8 Å². The third-order valence-corrected chi connectivity index (χ3v) is 13.3. The van der Waals surface area contributed by atoms with E-state index in [4.69, 9.17) is 0 Å². The molecule has 0 bridgehead atoms. The molecule has 1 aromatic rings. The van der Waals surface area contributed by atoms with Crippen molar-refractivity contribution in [1.29, 1.82) is 0 Å². The van der Waals surface area contributed by atoms with Crippen molar-refractivity contribution in [1.82, 2.24) is 40.0 Å². The lowest BCUT2D eigenvalue weighted by Gasteiger charge is -2.36. The number of hydrogen-bond acceptors (Lipinski definition) is 10. The minimum absolute atomic E-state index is 0.00165. The van der Waals surface area contributed by atoms with Gasteiger partial charge in [-0.05, 0) is 66.7 Å². The molecule has 3 aliphatic rings. The van der Waals surface area contributed by atoms with E-state index in [2.05, 4.69) is 37.1 Å². The van der Waals surface area contributed by atoms with Crippen molar-refractivity contribution < 1.29 is 53.7 Å². The van der Waals surface area contributed by atoms with Crippen LogP contribution in [0.15, 0.2) is 42.6 Å².